The number of rotatable bonds is 2. The van der Waals surface area contributed by atoms with Crippen molar-refractivity contribution in [1.29, 1.82) is 0 Å². The van der Waals surface area contributed by atoms with Gasteiger partial charge < -0.3 is 14.6 Å². The summed E-state index contributed by atoms with van der Waals surface area (Å²) in [6.45, 7) is 1.48. The molecule has 0 bridgehead atoms. The van der Waals surface area contributed by atoms with Crippen LogP contribution in [-0.2, 0) is 20.7 Å². The number of esters is 1. The van der Waals surface area contributed by atoms with E-state index in [1.54, 1.807) is 17.3 Å². The fraction of sp³-hybridized carbons (Fsp3) is 0.250. The van der Waals surface area contributed by atoms with Gasteiger partial charge >= 0.3 is 5.97 Å². The fourth-order valence-electron chi connectivity index (χ4n) is 3.88. The first-order chi connectivity index (χ1) is 12.6. The van der Waals surface area contributed by atoms with E-state index in [9.17, 15) is 9.59 Å². The third kappa shape index (κ3) is 2.45. The van der Waals surface area contributed by atoms with Crippen molar-refractivity contribution in [2.75, 3.05) is 7.11 Å². The molecule has 3 heterocycles. The van der Waals surface area contributed by atoms with Crippen molar-refractivity contribution in [3.8, 4) is 0 Å². The zero-order valence-corrected chi connectivity index (χ0v) is 14.6. The van der Waals surface area contributed by atoms with Gasteiger partial charge in [0.05, 0.1) is 13.2 Å². The number of amides is 1. The van der Waals surface area contributed by atoms with E-state index in [0.717, 1.165) is 27.7 Å². The number of fused-ring (bicyclic) bond motifs is 3. The van der Waals surface area contributed by atoms with Crippen molar-refractivity contribution >= 4 is 22.8 Å². The standard InChI is InChI=1S/C20H19N3O3/c1-12(24)23-17(20(25)26-2)10-15-14-7-3-4-8-16(14)22-18(15)19(23)13-6-5-9-21-11-13/h3-9,11,17,19,22H,10H2,1-2H3/t17-,19-/m1/s1. The Hall–Kier alpha value is -3.15. The molecule has 3 aromatic rings. The zero-order valence-electron chi connectivity index (χ0n) is 14.6. The van der Waals surface area contributed by atoms with Crippen molar-refractivity contribution < 1.29 is 14.3 Å². The summed E-state index contributed by atoms with van der Waals surface area (Å²) in [6, 6.07) is 10.6. The molecule has 6 heteroatoms. The van der Waals surface area contributed by atoms with E-state index in [1.165, 1.54) is 14.0 Å². The molecule has 4 rings (SSSR count). The Bertz CT molecular complexity index is 980. The van der Waals surface area contributed by atoms with E-state index in [2.05, 4.69) is 9.97 Å². The highest BCUT2D eigenvalue weighted by molar-refractivity contribution is 5.90. The quantitative estimate of drug-likeness (QED) is 0.722. The van der Waals surface area contributed by atoms with Crippen LogP contribution < -0.4 is 0 Å². The molecule has 1 aliphatic rings. The molecule has 0 unspecified atom stereocenters. The van der Waals surface area contributed by atoms with Gasteiger partial charge in [-0.1, -0.05) is 24.3 Å². The number of nitrogens with one attached hydrogen (secondary N) is 1. The molecule has 1 N–H and O–H groups in total. The molecule has 0 saturated carbocycles. The largest absolute Gasteiger partial charge is 0.467 e. The van der Waals surface area contributed by atoms with Gasteiger partial charge in [0.1, 0.15) is 6.04 Å². The van der Waals surface area contributed by atoms with Crippen molar-refractivity contribution in [3.05, 3.63) is 65.6 Å². The number of hydrogen-bond donors (Lipinski definition) is 1. The first kappa shape index (κ1) is 16.3. The second kappa shape index (κ2) is 6.29. The number of nitrogens with zero attached hydrogens (tertiary/aromatic N) is 2. The Kier molecular flexibility index (Phi) is 3.95. The molecule has 1 amide bonds. The molecule has 1 aromatic carbocycles. The highest BCUT2D eigenvalue weighted by Crippen LogP contribution is 2.40. The summed E-state index contributed by atoms with van der Waals surface area (Å²) in [5.74, 6) is -0.594. The average Bonchev–Trinajstić information content (AvgIpc) is 3.04. The number of pyridine rings is 1. The average molecular weight is 349 g/mol. The molecule has 1 aliphatic heterocycles. The van der Waals surface area contributed by atoms with Gasteiger partial charge in [0.2, 0.25) is 5.91 Å². The van der Waals surface area contributed by atoms with Gasteiger partial charge in [0.15, 0.2) is 0 Å². The molecule has 0 spiro atoms. The maximum absolute atomic E-state index is 12.5. The number of benzene rings is 1. The summed E-state index contributed by atoms with van der Waals surface area (Å²) >= 11 is 0. The van der Waals surface area contributed by atoms with E-state index in [4.69, 9.17) is 4.74 Å². The SMILES string of the molecule is COC(=O)[C@H]1Cc2c([nH]c3ccccc23)[C@@H](c2cccnc2)N1C(C)=O. The monoisotopic (exact) mass is 349 g/mol. The van der Waals surface area contributed by atoms with Crippen LogP contribution >= 0.6 is 0 Å². The molecular weight excluding hydrogens is 330 g/mol. The predicted octanol–water partition coefficient (Wildman–Crippen LogP) is 2.60. The number of carbonyl (C=O) groups is 2. The first-order valence-corrected chi connectivity index (χ1v) is 8.48. The van der Waals surface area contributed by atoms with Crippen molar-refractivity contribution in [3.63, 3.8) is 0 Å². The third-order valence-electron chi connectivity index (χ3n) is 4.97. The summed E-state index contributed by atoms with van der Waals surface area (Å²) < 4.78 is 5.00. The second-order valence-electron chi connectivity index (χ2n) is 6.42. The summed E-state index contributed by atoms with van der Waals surface area (Å²) in [5.41, 5.74) is 3.81. The smallest absolute Gasteiger partial charge is 0.328 e. The lowest BCUT2D eigenvalue weighted by Crippen LogP contribution is -2.51. The molecular formula is C20H19N3O3. The fourth-order valence-corrected chi connectivity index (χ4v) is 3.88. The van der Waals surface area contributed by atoms with Crippen LogP contribution in [0.3, 0.4) is 0 Å². The van der Waals surface area contributed by atoms with E-state index in [0.29, 0.717) is 6.42 Å². The van der Waals surface area contributed by atoms with Gasteiger partial charge in [-0.25, -0.2) is 4.79 Å². The maximum Gasteiger partial charge on any atom is 0.328 e. The van der Waals surface area contributed by atoms with Crippen LogP contribution in [0.1, 0.15) is 29.8 Å². The minimum atomic E-state index is -0.672. The molecule has 26 heavy (non-hydrogen) atoms. The number of H-pyrrole nitrogens is 1. The van der Waals surface area contributed by atoms with Gasteiger partial charge in [-0.05, 0) is 23.3 Å². The molecule has 0 fully saturated rings. The number of methoxy groups -OCH3 is 1. The molecule has 0 aliphatic carbocycles. The highest BCUT2D eigenvalue weighted by atomic mass is 16.5. The predicted molar refractivity (Wildman–Crippen MR) is 96.4 cm³/mol. The Morgan fingerprint density at radius 1 is 1.23 bits per heavy atom. The van der Waals surface area contributed by atoms with Crippen LogP contribution in [-0.4, -0.2) is 39.9 Å². The first-order valence-electron chi connectivity index (χ1n) is 8.48. The number of para-hydroxylation sites is 1. The van der Waals surface area contributed by atoms with Crippen LogP contribution in [0.15, 0.2) is 48.8 Å². The van der Waals surface area contributed by atoms with Crippen LogP contribution in [0.4, 0.5) is 0 Å². The lowest BCUT2D eigenvalue weighted by atomic mass is 9.88. The van der Waals surface area contributed by atoms with Crippen LogP contribution in [0, 0.1) is 0 Å². The van der Waals surface area contributed by atoms with E-state index >= 15 is 0 Å². The molecule has 2 atom stereocenters. The Morgan fingerprint density at radius 2 is 2.04 bits per heavy atom. The van der Waals surface area contributed by atoms with Gasteiger partial charge in [-0.3, -0.25) is 9.78 Å². The number of ether oxygens (including phenoxy) is 1. The summed E-state index contributed by atoms with van der Waals surface area (Å²) in [4.78, 5) is 34.3. The molecule has 6 nitrogen and oxygen atoms in total. The molecule has 2 aromatic heterocycles. The van der Waals surface area contributed by atoms with Crippen LogP contribution in [0.25, 0.3) is 10.9 Å². The minimum Gasteiger partial charge on any atom is -0.467 e. The Balaban J connectivity index is 1.98. The lowest BCUT2D eigenvalue weighted by molar-refractivity contribution is -0.154. The zero-order chi connectivity index (χ0) is 18.3. The van der Waals surface area contributed by atoms with E-state index in [-0.39, 0.29) is 5.91 Å². The normalized spacial score (nSPS) is 19.2. The number of carbonyl (C=O) groups excluding carboxylic acids is 2. The minimum absolute atomic E-state index is 0.182. The second-order valence-corrected chi connectivity index (χ2v) is 6.42. The Labute approximate surface area is 150 Å². The number of aromatic amines is 1. The Morgan fingerprint density at radius 3 is 2.73 bits per heavy atom. The molecule has 0 saturated heterocycles. The van der Waals surface area contributed by atoms with Gasteiger partial charge in [0, 0.05) is 42.3 Å². The third-order valence-corrected chi connectivity index (χ3v) is 4.97. The number of hydrogen-bond acceptors (Lipinski definition) is 4. The van der Waals surface area contributed by atoms with Crippen LogP contribution in [0.2, 0.25) is 0 Å². The lowest BCUT2D eigenvalue weighted by Gasteiger charge is -2.40. The van der Waals surface area contributed by atoms with E-state index in [1.807, 2.05) is 36.4 Å². The molecule has 132 valence electrons. The maximum atomic E-state index is 12.5. The van der Waals surface area contributed by atoms with E-state index < -0.39 is 18.1 Å². The van der Waals surface area contributed by atoms with Crippen LogP contribution in [0.5, 0.6) is 0 Å². The van der Waals surface area contributed by atoms with Gasteiger partial charge in [-0.15, -0.1) is 0 Å². The topological polar surface area (TPSA) is 75.3 Å². The number of aromatic nitrogens is 2. The summed E-state index contributed by atoms with van der Waals surface area (Å²) in [5, 5.41) is 1.06. The summed E-state index contributed by atoms with van der Waals surface area (Å²) in [7, 11) is 1.35. The van der Waals surface area contributed by atoms with Crippen molar-refractivity contribution in [2.45, 2.75) is 25.4 Å². The highest BCUT2D eigenvalue weighted by Gasteiger charge is 2.42. The summed E-state index contributed by atoms with van der Waals surface area (Å²) in [6.07, 6.45) is 3.84. The molecule has 0 radical (unpaired) electrons. The van der Waals surface area contributed by atoms with Crippen molar-refractivity contribution in [2.24, 2.45) is 0 Å². The van der Waals surface area contributed by atoms with Gasteiger partial charge in [0.25, 0.3) is 0 Å². The van der Waals surface area contributed by atoms with Crippen molar-refractivity contribution in [1.82, 2.24) is 14.9 Å². The van der Waals surface area contributed by atoms with Gasteiger partial charge in [-0.2, -0.15) is 0 Å².